The Kier molecular flexibility index (Phi) is 4.51. The first-order valence-electron chi connectivity index (χ1n) is 9.83. The molecule has 1 aliphatic carbocycles. The summed E-state index contributed by atoms with van der Waals surface area (Å²) in [7, 11) is 0. The number of benzene rings is 1. The molecule has 1 aromatic carbocycles. The molecular weight excluding hydrogens is 397 g/mol. The molecule has 1 amide bonds. The maximum Gasteiger partial charge on any atom is 0.259 e. The lowest BCUT2D eigenvalue weighted by atomic mass is 10.1. The van der Waals surface area contributed by atoms with Gasteiger partial charge in [-0.25, -0.2) is 8.91 Å². The number of nitrogens with zero attached hydrogens (tertiary/aromatic N) is 4. The van der Waals surface area contributed by atoms with Crippen molar-refractivity contribution < 1.29 is 13.7 Å². The first-order chi connectivity index (χ1) is 15.0. The van der Waals surface area contributed by atoms with Crippen molar-refractivity contribution in [3.8, 4) is 23.2 Å². The van der Waals surface area contributed by atoms with Crippen molar-refractivity contribution in [3.05, 3.63) is 65.3 Å². The van der Waals surface area contributed by atoms with Gasteiger partial charge in [0.25, 0.3) is 5.91 Å². The molecule has 0 aliphatic heterocycles. The monoisotopic (exact) mass is 415 g/mol. The van der Waals surface area contributed by atoms with Crippen LogP contribution in [0.5, 0.6) is 0 Å². The zero-order chi connectivity index (χ0) is 21.5. The molecule has 0 unspecified atom stereocenters. The fourth-order valence-electron chi connectivity index (χ4n) is 3.39. The van der Waals surface area contributed by atoms with E-state index in [0.29, 0.717) is 40.5 Å². The summed E-state index contributed by atoms with van der Waals surface area (Å²) in [6.45, 7) is 3.66. The van der Waals surface area contributed by atoms with Gasteiger partial charge in [-0.2, -0.15) is 10.1 Å². The van der Waals surface area contributed by atoms with E-state index in [4.69, 9.17) is 4.52 Å². The molecule has 3 aromatic heterocycles. The second-order valence-corrected chi connectivity index (χ2v) is 7.48. The van der Waals surface area contributed by atoms with E-state index in [1.165, 1.54) is 6.20 Å². The van der Waals surface area contributed by atoms with E-state index < -0.39 is 6.17 Å². The lowest BCUT2D eigenvalue weighted by Crippen LogP contribution is -2.12. The lowest BCUT2D eigenvalue weighted by Gasteiger charge is -2.09. The Hall–Kier alpha value is -3.99. The zero-order valence-corrected chi connectivity index (χ0v) is 16.9. The van der Waals surface area contributed by atoms with Gasteiger partial charge in [0, 0.05) is 23.0 Å². The summed E-state index contributed by atoms with van der Waals surface area (Å²) in [5.41, 5.74) is 4.12. The minimum atomic E-state index is -0.905. The van der Waals surface area contributed by atoms with Crippen LogP contribution in [-0.2, 0) is 0 Å². The highest BCUT2D eigenvalue weighted by atomic mass is 19.1. The average molecular weight is 415 g/mol. The van der Waals surface area contributed by atoms with Crippen molar-refractivity contribution in [3.63, 3.8) is 0 Å². The van der Waals surface area contributed by atoms with Gasteiger partial charge in [-0.15, -0.1) is 5.92 Å². The molecule has 1 fully saturated rings. The highest BCUT2D eigenvalue weighted by molar-refractivity contribution is 6.09. The Balaban J connectivity index is 1.41. The van der Waals surface area contributed by atoms with Crippen LogP contribution in [0, 0.1) is 18.8 Å². The van der Waals surface area contributed by atoms with Gasteiger partial charge < -0.3 is 9.84 Å². The Labute approximate surface area is 177 Å². The molecular formula is C23H18FN5O2. The highest BCUT2D eigenvalue weighted by Crippen LogP contribution is 2.43. The summed E-state index contributed by atoms with van der Waals surface area (Å²) in [6.07, 6.45) is 2.83. The molecule has 154 valence electrons. The van der Waals surface area contributed by atoms with E-state index in [-0.39, 0.29) is 11.8 Å². The van der Waals surface area contributed by atoms with E-state index in [9.17, 15) is 9.18 Å². The first kappa shape index (κ1) is 19.0. The van der Waals surface area contributed by atoms with Crippen LogP contribution < -0.4 is 5.32 Å². The Bertz CT molecular complexity index is 1380. The van der Waals surface area contributed by atoms with Crippen LogP contribution in [0.2, 0.25) is 0 Å². The van der Waals surface area contributed by atoms with Crippen molar-refractivity contribution in [2.24, 2.45) is 0 Å². The van der Waals surface area contributed by atoms with E-state index in [2.05, 4.69) is 32.4 Å². The van der Waals surface area contributed by atoms with E-state index >= 15 is 0 Å². The Morgan fingerprint density at radius 1 is 1.32 bits per heavy atom. The third-order valence-corrected chi connectivity index (χ3v) is 5.25. The number of carbonyl (C=O) groups excluding carboxylic acids is 1. The molecule has 1 aliphatic rings. The van der Waals surface area contributed by atoms with Gasteiger partial charge in [0.2, 0.25) is 11.7 Å². The number of hydrogen-bond donors (Lipinski definition) is 1. The Morgan fingerprint density at radius 2 is 2.16 bits per heavy atom. The number of alkyl halides is 1. The summed E-state index contributed by atoms with van der Waals surface area (Å²) in [5, 5.41) is 11.2. The van der Waals surface area contributed by atoms with Crippen LogP contribution in [0.15, 0.2) is 47.2 Å². The number of rotatable bonds is 4. The van der Waals surface area contributed by atoms with E-state index in [1.807, 2.05) is 31.2 Å². The molecule has 2 atom stereocenters. The normalized spacial score (nSPS) is 17.3. The number of anilines is 1. The number of aromatic nitrogens is 4. The number of fused-ring (bicyclic) bond motifs is 1. The van der Waals surface area contributed by atoms with Crippen molar-refractivity contribution in [1.29, 1.82) is 0 Å². The maximum absolute atomic E-state index is 13.3. The molecule has 31 heavy (non-hydrogen) atoms. The number of halogens is 1. The van der Waals surface area contributed by atoms with Crippen LogP contribution in [0.1, 0.15) is 46.6 Å². The summed E-state index contributed by atoms with van der Waals surface area (Å²) in [4.78, 5) is 17.3. The Morgan fingerprint density at radius 3 is 2.94 bits per heavy atom. The largest absolute Gasteiger partial charge is 0.339 e. The number of hydrogen-bond acceptors (Lipinski definition) is 5. The van der Waals surface area contributed by atoms with Crippen molar-refractivity contribution in [2.45, 2.75) is 32.4 Å². The van der Waals surface area contributed by atoms with Gasteiger partial charge in [-0.3, -0.25) is 4.79 Å². The third kappa shape index (κ3) is 3.55. The minimum absolute atomic E-state index is 0.281. The molecule has 0 bridgehead atoms. The minimum Gasteiger partial charge on any atom is -0.339 e. The summed E-state index contributed by atoms with van der Waals surface area (Å²) < 4.78 is 20.1. The molecule has 7 nitrogen and oxygen atoms in total. The van der Waals surface area contributed by atoms with Crippen molar-refractivity contribution >= 4 is 17.1 Å². The fraction of sp³-hybridized carbons (Fsp3) is 0.217. The number of carbonyl (C=O) groups is 1. The van der Waals surface area contributed by atoms with E-state index in [0.717, 1.165) is 11.1 Å². The first-order valence-corrected chi connectivity index (χ1v) is 9.83. The second-order valence-electron chi connectivity index (χ2n) is 7.48. The van der Waals surface area contributed by atoms with Crippen molar-refractivity contribution in [2.75, 3.05) is 5.32 Å². The van der Waals surface area contributed by atoms with Crippen LogP contribution in [-0.4, -0.2) is 31.8 Å². The lowest BCUT2D eigenvalue weighted by molar-refractivity contribution is 0.102. The molecule has 1 saturated carbocycles. The third-order valence-electron chi connectivity index (χ3n) is 5.25. The molecule has 4 aromatic rings. The van der Waals surface area contributed by atoms with Gasteiger partial charge >= 0.3 is 0 Å². The predicted octanol–water partition coefficient (Wildman–Crippen LogP) is 4.14. The predicted molar refractivity (Wildman–Crippen MR) is 112 cm³/mol. The molecule has 0 saturated heterocycles. The maximum atomic E-state index is 13.3. The topological polar surface area (TPSA) is 85.3 Å². The quantitative estimate of drug-likeness (QED) is 0.506. The fourth-order valence-corrected chi connectivity index (χ4v) is 3.39. The highest BCUT2D eigenvalue weighted by Gasteiger charge is 2.43. The molecule has 8 heteroatoms. The van der Waals surface area contributed by atoms with E-state index in [1.54, 1.807) is 23.7 Å². The number of amides is 1. The summed E-state index contributed by atoms with van der Waals surface area (Å²) >= 11 is 0. The number of pyridine rings is 1. The molecule has 5 rings (SSSR count). The van der Waals surface area contributed by atoms with Gasteiger partial charge in [0.15, 0.2) is 0 Å². The van der Waals surface area contributed by atoms with Gasteiger partial charge in [0.05, 0.1) is 23.2 Å². The van der Waals surface area contributed by atoms with Gasteiger partial charge in [0.1, 0.15) is 6.17 Å². The summed E-state index contributed by atoms with van der Waals surface area (Å²) in [6, 6.07) is 9.16. The number of nitrogens with one attached hydrogen (secondary N) is 1. The standard InChI is InChI=1S/C23H18FN5O2/c1-3-4-14-6-8-20-17(11-25-29(20)12-14)22(30)26-19-9-15(7-5-13(19)2)21-27-23(31-28-21)16-10-18(16)24/h5-9,11-12,16,18H,10H2,1-2H3,(H,26,30)/t16-,18-/m0/s1. The zero-order valence-electron chi connectivity index (χ0n) is 16.9. The van der Waals surface area contributed by atoms with Gasteiger partial charge in [-0.05, 0) is 44.0 Å². The van der Waals surface area contributed by atoms with Crippen molar-refractivity contribution in [1.82, 2.24) is 19.8 Å². The SMILES string of the molecule is CC#Cc1ccc2c(C(=O)Nc3cc(-c4noc([C@H]5C[C@@H]5F)n4)ccc3C)cnn2c1. The van der Waals surface area contributed by atoms with Gasteiger partial charge in [-0.1, -0.05) is 23.2 Å². The molecule has 1 N–H and O–H groups in total. The molecule has 0 spiro atoms. The second kappa shape index (κ2) is 7.36. The number of aryl methyl sites for hydroxylation is 1. The average Bonchev–Trinajstić information content (AvgIpc) is 3.16. The summed E-state index contributed by atoms with van der Waals surface area (Å²) in [5.74, 6) is 5.91. The molecule has 3 heterocycles. The van der Waals surface area contributed by atoms with Crippen LogP contribution >= 0.6 is 0 Å². The van der Waals surface area contributed by atoms with Crippen LogP contribution in [0.3, 0.4) is 0 Å². The smallest absolute Gasteiger partial charge is 0.259 e. The molecule has 0 radical (unpaired) electrons. The van der Waals surface area contributed by atoms with Crippen LogP contribution in [0.4, 0.5) is 10.1 Å². The van der Waals surface area contributed by atoms with Crippen LogP contribution in [0.25, 0.3) is 16.9 Å².